The summed E-state index contributed by atoms with van der Waals surface area (Å²) in [6, 6.07) is 14.6. The highest BCUT2D eigenvalue weighted by Gasteiger charge is 2.33. The first-order valence-electron chi connectivity index (χ1n) is 12.0. The minimum Gasteiger partial charge on any atom is -0.354 e. The number of hydrogen-bond acceptors (Lipinski definition) is 4. The molecule has 0 aliphatic heterocycles. The van der Waals surface area contributed by atoms with Gasteiger partial charge in [-0.15, -0.1) is 0 Å². The van der Waals surface area contributed by atoms with Crippen LogP contribution in [0.5, 0.6) is 0 Å². The van der Waals surface area contributed by atoms with E-state index in [0.29, 0.717) is 23.6 Å². The molecular weight excluding hydrogens is 588 g/mol. The van der Waals surface area contributed by atoms with Crippen LogP contribution in [0.1, 0.15) is 25.8 Å². The maximum atomic E-state index is 13.9. The van der Waals surface area contributed by atoms with Gasteiger partial charge in [-0.1, -0.05) is 66.0 Å². The van der Waals surface area contributed by atoms with E-state index in [9.17, 15) is 22.4 Å². The van der Waals surface area contributed by atoms with E-state index in [0.717, 1.165) is 16.4 Å². The zero-order chi connectivity index (χ0) is 28.7. The van der Waals surface area contributed by atoms with E-state index in [4.69, 9.17) is 34.8 Å². The Hall–Kier alpha value is -2.85. The summed E-state index contributed by atoms with van der Waals surface area (Å²) in [7, 11) is -4.30. The molecule has 0 saturated heterocycles. The van der Waals surface area contributed by atoms with Gasteiger partial charge in [0.15, 0.2) is 0 Å². The SMILES string of the molecule is CCCNC(=O)[C@H](C)N(Cc1ccc(Cl)cc1Cl)C(=O)CN(c1ccc(F)c(Cl)c1)S(=O)(=O)c1ccccc1. The molecule has 0 unspecified atom stereocenters. The van der Waals surface area contributed by atoms with Crippen molar-refractivity contribution in [1.29, 1.82) is 0 Å². The topological polar surface area (TPSA) is 86.8 Å². The van der Waals surface area contributed by atoms with Gasteiger partial charge in [-0.3, -0.25) is 13.9 Å². The van der Waals surface area contributed by atoms with Crippen LogP contribution < -0.4 is 9.62 Å². The normalized spacial score (nSPS) is 12.1. The molecule has 39 heavy (non-hydrogen) atoms. The van der Waals surface area contributed by atoms with Gasteiger partial charge in [-0.2, -0.15) is 0 Å². The largest absolute Gasteiger partial charge is 0.354 e. The zero-order valence-electron chi connectivity index (χ0n) is 21.2. The lowest BCUT2D eigenvalue weighted by Gasteiger charge is -2.32. The molecule has 0 aliphatic carbocycles. The molecule has 0 heterocycles. The molecule has 0 aromatic heterocycles. The zero-order valence-corrected chi connectivity index (χ0v) is 24.3. The van der Waals surface area contributed by atoms with Gasteiger partial charge in [0, 0.05) is 23.1 Å². The molecule has 3 aromatic rings. The number of benzene rings is 3. The molecule has 1 N–H and O–H groups in total. The third-order valence-corrected chi connectivity index (χ3v) is 8.54. The quantitative estimate of drug-likeness (QED) is 0.290. The molecule has 208 valence electrons. The number of hydrogen-bond donors (Lipinski definition) is 1. The smallest absolute Gasteiger partial charge is 0.264 e. The van der Waals surface area contributed by atoms with Crippen molar-refractivity contribution < 1.29 is 22.4 Å². The van der Waals surface area contributed by atoms with E-state index in [-0.39, 0.29) is 27.2 Å². The summed E-state index contributed by atoms with van der Waals surface area (Å²) in [6.07, 6.45) is 0.684. The summed E-state index contributed by atoms with van der Waals surface area (Å²) in [5.74, 6) is -1.86. The third-order valence-electron chi connectivity index (χ3n) is 5.87. The van der Waals surface area contributed by atoms with E-state index in [1.54, 1.807) is 30.3 Å². The number of anilines is 1. The van der Waals surface area contributed by atoms with E-state index in [1.807, 2.05) is 6.92 Å². The monoisotopic (exact) mass is 613 g/mol. The number of halogens is 4. The van der Waals surface area contributed by atoms with Crippen LogP contribution in [-0.4, -0.2) is 44.3 Å². The van der Waals surface area contributed by atoms with Gasteiger partial charge in [-0.25, -0.2) is 12.8 Å². The average molecular weight is 615 g/mol. The molecule has 0 fully saturated rings. The fraction of sp³-hybridized carbons (Fsp3) is 0.259. The Bertz CT molecular complexity index is 1440. The summed E-state index contributed by atoms with van der Waals surface area (Å²) in [6.45, 7) is 3.03. The van der Waals surface area contributed by atoms with Crippen LogP contribution in [0, 0.1) is 5.82 Å². The fourth-order valence-electron chi connectivity index (χ4n) is 3.70. The maximum Gasteiger partial charge on any atom is 0.264 e. The molecule has 0 spiro atoms. The van der Waals surface area contributed by atoms with Crippen molar-refractivity contribution in [2.24, 2.45) is 0 Å². The standard InChI is InChI=1S/C27H27Cl3FN3O4S/c1-3-13-32-27(36)18(2)33(16-19-9-10-20(28)14-23(19)29)26(35)17-34(21-11-12-25(31)24(30)15-21)39(37,38)22-7-5-4-6-8-22/h4-12,14-15,18H,3,13,16-17H2,1-2H3,(H,32,36)/t18-/m0/s1. The second-order valence-corrected chi connectivity index (χ2v) is 11.8. The van der Waals surface area contributed by atoms with Crippen molar-refractivity contribution in [3.8, 4) is 0 Å². The van der Waals surface area contributed by atoms with Crippen molar-refractivity contribution in [2.75, 3.05) is 17.4 Å². The van der Waals surface area contributed by atoms with Crippen LogP contribution in [0.25, 0.3) is 0 Å². The van der Waals surface area contributed by atoms with Gasteiger partial charge in [0.2, 0.25) is 11.8 Å². The van der Waals surface area contributed by atoms with E-state index >= 15 is 0 Å². The molecule has 1 atom stereocenters. The van der Waals surface area contributed by atoms with Gasteiger partial charge in [0.1, 0.15) is 18.4 Å². The van der Waals surface area contributed by atoms with Crippen LogP contribution in [0.2, 0.25) is 15.1 Å². The summed E-state index contributed by atoms with van der Waals surface area (Å²) in [5, 5.41) is 3.11. The number of rotatable bonds is 11. The predicted molar refractivity (Wildman–Crippen MR) is 152 cm³/mol. The lowest BCUT2D eigenvalue weighted by atomic mass is 10.1. The molecule has 3 aromatic carbocycles. The minimum atomic E-state index is -4.30. The molecule has 0 radical (unpaired) electrons. The Balaban J connectivity index is 2.05. The molecule has 12 heteroatoms. The molecule has 7 nitrogen and oxygen atoms in total. The Kier molecular flexibility index (Phi) is 10.6. The van der Waals surface area contributed by atoms with Gasteiger partial charge < -0.3 is 10.2 Å². The van der Waals surface area contributed by atoms with Crippen molar-refractivity contribution in [2.45, 2.75) is 37.8 Å². The van der Waals surface area contributed by atoms with Crippen molar-refractivity contribution in [3.05, 3.63) is 93.2 Å². The van der Waals surface area contributed by atoms with Crippen LogP contribution in [0.3, 0.4) is 0 Å². The van der Waals surface area contributed by atoms with Crippen LogP contribution in [-0.2, 0) is 26.2 Å². The summed E-state index contributed by atoms with van der Waals surface area (Å²) in [5.41, 5.74) is 0.484. The number of carbonyl (C=O) groups is 2. The summed E-state index contributed by atoms with van der Waals surface area (Å²) < 4.78 is 42.1. The van der Waals surface area contributed by atoms with Crippen molar-refractivity contribution in [1.82, 2.24) is 10.2 Å². The summed E-state index contributed by atoms with van der Waals surface area (Å²) >= 11 is 18.3. The highest BCUT2D eigenvalue weighted by Crippen LogP contribution is 2.29. The van der Waals surface area contributed by atoms with E-state index in [2.05, 4.69) is 5.32 Å². The first-order valence-corrected chi connectivity index (χ1v) is 14.6. The molecule has 0 aliphatic rings. The Morgan fingerprint density at radius 2 is 1.67 bits per heavy atom. The lowest BCUT2D eigenvalue weighted by Crippen LogP contribution is -2.51. The van der Waals surface area contributed by atoms with Gasteiger partial charge in [0.05, 0.1) is 15.6 Å². The summed E-state index contributed by atoms with van der Waals surface area (Å²) in [4.78, 5) is 27.9. The fourth-order valence-corrected chi connectivity index (χ4v) is 5.77. The highest BCUT2D eigenvalue weighted by atomic mass is 35.5. The number of amides is 2. The molecule has 3 rings (SSSR count). The van der Waals surface area contributed by atoms with Crippen molar-refractivity contribution in [3.63, 3.8) is 0 Å². The Morgan fingerprint density at radius 1 is 0.974 bits per heavy atom. The second-order valence-electron chi connectivity index (χ2n) is 8.65. The average Bonchev–Trinajstić information content (AvgIpc) is 2.91. The van der Waals surface area contributed by atoms with Crippen LogP contribution in [0.15, 0.2) is 71.6 Å². The Morgan fingerprint density at radius 3 is 2.28 bits per heavy atom. The van der Waals surface area contributed by atoms with Crippen molar-refractivity contribution >= 4 is 62.3 Å². The molecule has 2 amide bonds. The molecular formula is C27H27Cl3FN3O4S. The molecule has 0 bridgehead atoms. The maximum absolute atomic E-state index is 13.9. The van der Waals surface area contributed by atoms with Crippen LogP contribution >= 0.6 is 34.8 Å². The minimum absolute atomic E-state index is 0.0221. The number of sulfonamides is 1. The second kappa shape index (κ2) is 13.5. The van der Waals surface area contributed by atoms with E-state index < -0.39 is 40.2 Å². The first-order chi connectivity index (χ1) is 18.4. The number of nitrogens with zero attached hydrogens (tertiary/aromatic N) is 2. The number of nitrogens with one attached hydrogen (secondary N) is 1. The van der Waals surface area contributed by atoms with Gasteiger partial charge in [0.25, 0.3) is 10.0 Å². The third kappa shape index (κ3) is 7.63. The number of carbonyl (C=O) groups excluding carboxylic acids is 2. The lowest BCUT2D eigenvalue weighted by molar-refractivity contribution is -0.139. The Labute approximate surface area is 242 Å². The highest BCUT2D eigenvalue weighted by molar-refractivity contribution is 7.92. The molecule has 0 saturated carbocycles. The predicted octanol–water partition coefficient (Wildman–Crippen LogP) is 5.92. The van der Waals surface area contributed by atoms with Gasteiger partial charge >= 0.3 is 0 Å². The van der Waals surface area contributed by atoms with Gasteiger partial charge in [-0.05, 0) is 61.4 Å². The van der Waals surface area contributed by atoms with E-state index in [1.165, 1.54) is 36.1 Å². The van der Waals surface area contributed by atoms with Crippen LogP contribution in [0.4, 0.5) is 10.1 Å². The first kappa shape index (κ1) is 30.7.